The molecule has 1 aliphatic rings. The number of carbonyl (C=O) groups is 1. The number of methoxy groups -OCH3 is 1. The average Bonchev–Trinajstić information content (AvgIpc) is 2.56. The molecule has 1 rings (SSSR count). The van der Waals surface area contributed by atoms with Crippen LogP contribution in [-0.4, -0.2) is 36.9 Å². The molecule has 2 N–H and O–H groups in total. The summed E-state index contributed by atoms with van der Waals surface area (Å²) in [5, 5.41) is 12.3. The Morgan fingerprint density at radius 2 is 1.94 bits per heavy atom. The maximum absolute atomic E-state index is 11.0. The number of carboxylic acid groups (broad SMARTS) is 1. The van der Waals surface area contributed by atoms with Gasteiger partial charge in [-0.25, -0.2) is 0 Å². The molecule has 4 heteroatoms. The molecule has 0 aromatic carbocycles. The van der Waals surface area contributed by atoms with Crippen LogP contribution in [0.25, 0.3) is 0 Å². The Morgan fingerprint density at radius 1 is 1.35 bits per heavy atom. The summed E-state index contributed by atoms with van der Waals surface area (Å²) in [6.45, 7) is 2.33. The predicted molar refractivity (Wildman–Crippen MR) is 67.1 cm³/mol. The van der Waals surface area contributed by atoms with E-state index in [4.69, 9.17) is 9.84 Å². The molecule has 1 aliphatic carbocycles. The van der Waals surface area contributed by atoms with Gasteiger partial charge in [0.05, 0.1) is 6.61 Å². The molecule has 0 spiro atoms. The van der Waals surface area contributed by atoms with Crippen molar-refractivity contribution in [1.29, 1.82) is 0 Å². The molecule has 2 atom stereocenters. The highest BCUT2D eigenvalue weighted by atomic mass is 16.5. The van der Waals surface area contributed by atoms with Gasteiger partial charge in [-0.2, -0.15) is 0 Å². The minimum Gasteiger partial charge on any atom is -0.480 e. The molecule has 1 unspecified atom stereocenters. The van der Waals surface area contributed by atoms with Crippen molar-refractivity contribution in [2.75, 3.05) is 13.7 Å². The maximum atomic E-state index is 11.0. The molecule has 0 saturated heterocycles. The third-order valence-electron chi connectivity index (χ3n) is 3.70. The number of rotatable bonds is 6. The lowest BCUT2D eigenvalue weighted by Gasteiger charge is -2.26. The van der Waals surface area contributed by atoms with E-state index >= 15 is 0 Å². The van der Waals surface area contributed by atoms with E-state index in [1.165, 1.54) is 45.6 Å². The predicted octanol–water partition coefficient (Wildman–Crippen LogP) is 2.03. The molecule has 1 fully saturated rings. The first-order valence-electron chi connectivity index (χ1n) is 6.63. The highest BCUT2D eigenvalue weighted by Crippen LogP contribution is 2.25. The first kappa shape index (κ1) is 14.5. The Hall–Kier alpha value is -0.610. The lowest BCUT2D eigenvalue weighted by Crippen LogP contribution is -2.47. The van der Waals surface area contributed by atoms with Crippen LogP contribution in [0.4, 0.5) is 0 Å². The molecule has 4 nitrogen and oxygen atoms in total. The van der Waals surface area contributed by atoms with E-state index in [1.807, 2.05) is 0 Å². The molecule has 17 heavy (non-hydrogen) atoms. The Bertz CT molecular complexity index is 225. The number of hydrogen-bond donors (Lipinski definition) is 2. The zero-order chi connectivity index (χ0) is 12.7. The van der Waals surface area contributed by atoms with E-state index in [0.717, 1.165) is 0 Å². The fourth-order valence-corrected chi connectivity index (χ4v) is 2.62. The number of nitrogens with one attached hydrogen (secondary N) is 1. The molecule has 0 heterocycles. The molecule has 0 amide bonds. The van der Waals surface area contributed by atoms with Gasteiger partial charge in [0.1, 0.15) is 6.04 Å². The van der Waals surface area contributed by atoms with Gasteiger partial charge in [-0.05, 0) is 25.7 Å². The molecular formula is C13H25NO3. The first-order chi connectivity index (χ1) is 8.15. The molecule has 100 valence electrons. The third kappa shape index (κ3) is 5.04. The van der Waals surface area contributed by atoms with Crippen LogP contribution in [0.5, 0.6) is 0 Å². The van der Waals surface area contributed by atoms with Crippen molar-refractivity contribution in [3.05, 3.63) is 0 Å². The SMILES string of the molecule is COCC(N[C@@H](C)C1CCCCCC1)C(=O)O. The van der Waals surface area contributed by atoms with Crippen LogP contribution in [0.1, 0.15) is 45.4 Å². The summed E-state index contributed by atoms with van der Waals surface area (Å²) in [6.07, 6.45) is 7.63. The monoisotopic (exact) mass is 243 g/mol. The van der Waals surface area contributed by atoms with Crippen LogP contribution in [0, 0.1) is 5.92 Å². The smallest absolute Gasteiger partial charge is 0.323 e. The summed E-state index contributed by atoms with van der Waals surface area (Å²) in [4.78, 5) is 11.0. The normalized spacial score (nSPS) is 21.8. The van der Waals surface area contributed by atoms with Gasteiger partial charge in [0.2, 0.25) is 0 Å². The largest absolute Gasteiger partial charge is 0.480 e. The first-order valence-corrected chi connectivity index (χ1v) is 6.63. The summed E-state index contributed by atoms with van der Waals surface area (Å²) in [5.41, 5.74) is 0. The third-order valence-corrected chi connectivity index (χ3v) is 3.70. The lowest BCUT2D eigenvalue weighted by molar-refractivity contribution is -0.141. The molecule has 0 aromatic heterocycles. The van der Waals surface area contributed by atoms with Gasteiger partial charge in [0, 0.05) is 13.2 Å². The number of carboxylic acids is 1. The summed E-state index contributed by atoms with van der Waals surface area (Å²) in [5.74, 6) is -0.219. The second-order valence-corrected chi connectivity index (χ2v) is 5.05. The summed E-state index contributed by atoms with van der Waals surface area (Å²) in [6, 6.07) is -0.331. The van der Waals surface area contributed by atoms with Gasteiger partial charge < -0.3 is 9.84 Å². The zero-order valence-electron chi connectivity index (χ0n) is 10.9. The summed E-state index contributed by atoms with van der Waals surface area (Å²) in [7, 11) is 1.54. The van der Waals surface area contributed by atoms with E-state index in [-0.39, 0.29) is 12.6 Å². The topological polar surface area (TPSA) is 58.6 Å². The van der Waals surface area contributed by atoms with E-state index in [0.29, 0.717) is 5.92 Å². The van der Waals surface area contributed by atoms with Crippen molar-refractivity contribution >= 4 is 5.97 Å². The number of hydrogen-bond acceptors (Lipinski definition) is 3. The zero-order valence-corrected chi connectivity index (χ0v) is 10.9. The van der Waals surface area contributed by atoms with Gasteiger partial charge >= 0.3 is 5.97 Å². The highest BCUT2D eigenvalue weighted by Gasteiger charge is 2.24. The van der Waals surface area contributed by atoms with E-state index in [2.05, 4.69) is 12.2 Å². The molecular weight excluding hydrogens is 218 g/mol. The van der Waals surface area contributed by atoms with Crippen molar-refractivity contribution < 1.29 is 14.6 Å². The standard InChI is InChI=1S/C13H25NO3/c1-10(11-7-5-3-4-6-8-11)14-12(9-17-2)13(15)16/h10-12,14H,3-9H2,1-2H3,(H,15,16)/t10-,12?/m0/s1. The maximum Gasteiger partial charge on any atom is 0.323 e. The van der Waals surface area contributed by atoms with Crippen molar-refractivity contribution in [3.63, 3.8) is 0 Å². The molecule has 1 saturated carbocycles. The number of ether oxygens (including phenoxy) is 1. The lowest BCUT2D eigenvalue weighted by atomic mass is 9.92. The van der Waals surface area contributed by atoms with Crippen LogP contribution in [-0.2, 0) is 9.53 Å². The fraction of sp³-hybridized carbons (Fsp3) is 0.923. The fourth-order valence-electron chi connectivity index (χ4n) is 2.62. The van der Waals surface area contributed by atoms with Crippen molar-refractivity contribution in [3.8, 4) is 0 Å². The Balaban J connectivity index is 2.43. The van der Waals surface area contributed by atoms with Crippen LogP contribution >= 0.6 is 0 Å². The van der Waals surface area contributed by atoms with Crippen molar-refractivity contribution in [2.24, 2.45) is 5.92 Å². The van der Waals surface area contributed by atoms with Gasteiger partial charge in [0.25, 0.3) is 0 Å². The van der Waals surface area contributed by atoms with Gasteiger partial charge in [-0.15, -0.1) is 0 Å². The van der Waals surface area contributed by atoms with E-state index in [1.54, 1.807) is 0 Å². The van der Waals surface area contributed by atoms with Crippen molar-refractivity contribution in [1.82, 2.24) is 5.32 Å². The van der Waals surface area contributed by atoms with Gasteiger partial charge in [-0.3, -0.25) is 10.1 Å². The second kappa shape index (κ2) is 7.67. The molecule has 0 bridgehead atoms. The minimum absolute atomic E-state index is 0.229. The van der Waals surface area contributed by atoms with Crippen LogP contribution in [0.2, 0.25) is 0 Å². The highest BCUT2D eigenvalue weighted by molar-refractivity contribution is 5.73. The van der Waals surface area contributed by atoms with Crippen molar-refractivity contribution in [2.45, 2.75) is 57.5 Å². The van der Waals surface area contributed by atoms with E-state index < -0.39 is 12.0 Å². The molecule has 0 aromatic rings. The quantitative estimate of drug-likeness (QED) is 0.701. The van der Waals surface area contributed by atoms with Crippen LogP contribution in [0.3, 0.4) is 0 Å². The van der Waals surface area contributed by atoms with Crippen LogP contribution < -0.4 is 5.32 Å². The summed E-state index contributed by atoms with van der Waals surface area (Å²) < 4.78 is 4.93. The van der Waals surface area contributed by atoms with Gasteiger partial charge in [-0.1, -0.05) is 25.7 Å². The minimum atomic E-state index is -0.827. The average molecular weight is 243 g/mol. The molecule has 0 aliphatic heterocycles. The van der Waals surface area contributed by atoms with Crippen LogP contribution in [0.15, 0.2) is 0 Å². The Labute approximate surface area is 104 Å². The summed E-state index contributed by atoms with van der Waals surface area (Å²) >= 11 is 0. The van der Waals surface area contributed by atoms with E-state index in [9.17, 15) is 4.79 Å². The van der Waals surface area contributed by atoms with Gasteiger partial charge in [0.15, 0.2) is 0 Å². The second-order valence-electron chi connectivity index (χ2n) is 5.05. The Kier molecular flexibility index (Phi) is 6.52. The number of aliphatic carboxylic acids is 1. The molecule has 0 radical (unpaired) electrons. The Morgan fingerprint density at radius 3 is 2.41 bits per heavy atom.